The highest BCUT2D eigenvalue weighted by Gasteiger charge is 2.56. The molecule has 0 spiro atoms. The number of hydrogen-bond acceptors (Lipinski definition) is 4. The second-order valence-corrected chi connectivity index (χ2v) is 5.92. The molecule has 0 aliphatic carbocycles. The molecule has 1 aromatic carbocycles. The van der Waals surface area contributed by atoms with Gasteiger partial charge in [-0.05, 0) is 6.07 Å². The van der Waals surface area contributed by atoms with Crippen molar-refractivity contribution in [1.29, 1.82) is 0 Å². The average molecular weight is 302 g/mol. The van der Waals surface area contributed by atoms with Crippen molar-refractivity contribution in [3.63, 3.8) is 0 Å². The van der Waals surface area contributed by atoms with Gasteiger partial charge in [0.2, 0.25) is 0 Å². The van der Waals surface area contributed by atoms with Crippen LogP contribution in [-0.4, -0.2) is 30.1 Å². The van der Waals surface area contributed by atoms with Crippen LogP contribution in [0.25, 0.3) is 0 Å². The maximum Gasteiger partial charge on any atom is 0.264 e. The maximum absolute atomic E-state index is 14.1. The molecule has 0 aromatic heterocycles. The molecule has 0 unspecified atom stereocenters. The fraction of sp³-hybridized carbons (Fsp3) is 0.462. The Morgan fingerprint density at radius 1 is 1.40 bits per heavy atom. The minimum absolute atomic E-state index is 0.0745. The molecule has 2 heterocycles. The Morgan fingerprint density at radius 2 is 2.15 bits per heavy atom. The molecule has 0 saturated carbocycles. The van der Waals surface area contributed by atoms with E-state index in [0.717, 1.165) is 0 Å². The third-order valence-corrected chi connectivity index (χ3v) is 4.73. The zero-order valence-corrected chi connectivity index (χ0v) is 11.2. The van der Waals surface area contributed by atoms with Gasteiger partial charge in [-0.3, -0.25) is 0 Å². The Kier molecular flexibility index (Phi) is 3.41. The number of hydrogen-bond donors (Lipinski definition) is 1. The Hall–Kier alpha value is -1.21. The van der Waals surface area contributed by atoms with E-state index >= 15 is 0 Å². The van der Waals surface area contributed by atoms with Gasteiger partial charge in [-0.25, -0.2) is 18.2 Å². The summed E-state index contributed by atoms with van der Waals surface area (Å²) in [5.74, 6) is -0.713. The molecule has 2 N–H and O–H groups in total. The van der Waals surface area contributed by atoms with Crippen molar-refractivity contribution >= 4 is 16.9 Å². The predicted octanol–water partition coefficient (Wildman–Crippen LogP) is 2.36. The smallest absolute Gasteiger partial charge is 0.264 e. The standard InChI is InChI=1S/C13H13F3N2OS/c14-9-4-2-1-3-7(9)13-6-19-10(11(15)16)8(13)5-20-12(17)18-13/h1-4,8,10-11H,5-6H2,(H2,17,18)/t8-,10+,13-/m1/s1. The normalized spacial score (nSPS) is 33.1. The fourth-order valence-corrected chi connectivity index (χ4v) is 3.91. The molecule has 2 aliphatic heterocycles. The second kappa shape index (κ2) is 4.96. The van der Waals surface area contributed by atoms with E-state index in [1.807, 2.05) is 0 Å². The number of amidine groups is 1. The molecule has 0 radical (unpaired) electrons. The first-order valence-corrected chi connectivity index (χ1v) is 7.16. The highest BCUT2D eigenvalue weighted by atomic mass is 32.2. The van der Waals surface area contributed by atoms with Crippen molar-refractivity contribution in [3.05, 3.63) is 35.6 Å². The van der Waals surface area contributed by atoms with Crippen LogP contribution in [0.4, 0.5) is 13.2 Å². The molecule has 108 valence electrons. The van der Waals surface area contributed by atoms with E-state index < -0.39 is 29.8 Å². The molecule has 2 aliphatic rings. The van der Waals surface area contributed by atoms with Crippen molar-refractivity contribution in [2.45, 2.75) is 18.1 Å². The van der Waals surface area contributed by atoms with Gasteiger partial charge >= 0.3 is 0 Å². The van der Waals surface area contributed by atoms with Gasteiger partial charge in [-0.1, -0.05) is 30.0 Å². The van der Waals surface area contributed by atoms with Gasteiger partial charge in [0.1, 0.15) is 17.5 Å². The Labute approximate surface area is 118 Å². The van der Waals surface area contributed by atoms with Gasteiger partial charge in [0, 0.05) is 17.2 Å². The zero-order chi connectivity index (χ0) is 14.3. The topological polar surface area (TPSA) is 47.6 Å². The monoisotopic (exact) mass is 302 g/mol. The molecule has 1 fully saturated rings. The van der Waals surface area contributed by atoms with Gasteiger partial charge < -0.3 is 10.5 Å². The molecule has 0 amide bonds. The first-order valence-electron chi connectivity index (χ1n) is 6.17. The predicted molar refractivity (Wildman–Crippen MR) is 71.4 cm³/mol. The summed E-state index contributed by atoms with van der Waals surface area (Å²) in [7, 11) is 0. The van der Waals surface area contributed by atoms with Gasteiger partial charge in [0.25, 0.3) is 6.43 Å². The minimum atomic E-state index is -2.62. The molecule has 3 nitrogen and oxygen atoms in total. The Balaban J connectivity index is 2.12. The lowest BCUT2D eigenvalue weighted by molar-refractivity contribution is -0.0359. The quantitative estimate of drug-likeness (QED) is 0.912. The van der Waals surface area contributed by atoms with E-state index in [-0.39, 0.29) is 17.3 Å². The summed E-state index contributed by atoms with van der Waals surface area (Å²) in [6.07, 6.45) is -3.86. The van der Waals surface area contributed by atoms with Crippen LogP contribution in [0.3, 0.4) is 0 Å². The molecule has 1 saturated heterocycles. The van der Waals surface area contributed by atoms with Crippen LogP contribution < -0.4 is 5.73 Å². The largest absolute Gasteiger partial charge is 0.379 e. The van der Waals surface area contributed by atoms with Crippen LogP contribution in [0, 0.1) is 11.7 Å². The van der Waals surface area contributed by atoms with E-state index in [2.05, 4.69) is 4.99 Å². The van der Waals surface area contributed by atoms with Crippen LogP contribution in [-0.2, 0) is 10.3 Å². The molecular weight excluding hydrogens is 289 g/mol. The summed E-state index contributed by atoms with van der Waals surface area (Å²) in [6, 6.07) is 6.07. The van der Waals surface area contributed by atoms with E-state index in [1.165, 1.54) is 17.8 Å². The highest BCUT2D eigenvalue weighted by molar-refractivity contribution is 8.13. The van der Waals surface area contributed by atoms with E-state index in [1.54, 1.807) is 18.2 Å². The van der Waals surface area contributed by atoms with Crippen molar-refractivity contribution in [2.75, 3.05) is 12.4 Å². The number of benzene rings is 1. The van der Waals surface area contributed by atoms with Gasteiger partial charge in [-0.2, -0.15) is 0 Å². The molecule has 1 aromatic rings. The summed E-state index contributed by atoms with van der Waals surface area (Å²) in [4.78, 5) is 4.30. The second-order valence-electron chi connectivity index (χ2n) is 4.88. The van der Waals surface area contributed by atoms with Crippen molar-refractivity contribution in [2.24, 2.45) is 16.6 Å². The molecule has 3 atom stereocenters. The third-order valence-electron chi connectivity index (χ3n) is 3.81. The number of aliphatic imine (C=N–C) groups is 1. The van der Waals surface area contributed by atoms with Gasteiger partial charge in [0.15, 0.2) is 5.17 Å². The molecule has 20 heavy (non-hydrogen) atoms. The lowest BCUT2D eigenvalue weighted by Crippen LogP contribution is -2.43. The lowest BCUT2D eigenvalue weighted by Gasteiger charge is -2.35. The van der Waals surface area contributed by atoms with Crippen molar-refractivity contribution < 1.29 is 17.9 Å². The molecule has 3 rings (SSSR count). The Morgan fingerprint density at radius 3 is 2.85 bits per heavy atom. The van der Waals surface area contributed by atoms with Gasteiger partial charge in [-0.15, -0.1) is 0 Å². The SMILES string of the molecule is NC1=N[C@@]2(c3ccccc3F)CO[C@H](C(F)F)[C@H]2CS1. The first-order chi connectivity index (χ1) is 9.54. The van der Waals surface area contributed by atoms with Gasteiger partial charge in [0.05, 0.1) is 6.61 Å². The van der Waals surface area contributed by atoms with Crippen molar-refractivity contribution in [1.82, 2.24) is 0 Å². The minimum Gasteiger partial charge on any atom is -0.379 e. The summed E-state index contributed by atoms with van der Waals surface area (Å²) in [6.45, 7) is -0.0745. The number of nitrogens with zero attached hydrogens (tertiary/aromatic N) is 1. The highest BCUT2D eigenvalue weighted by Crippen LogP contribution is 2.49. The number of halogens is 3. The van der Waals surface area contributed by atoms with Crippen LogP contribution in [0.5, 0.6) is 0 Å². The number of fused-ring (bicyclic) bond motifs is 1. The van der Waals surface area contributed by atoms with Crippen LogP contribution in [0.1, 0.15) is 5.56 Å². The summed E-state index contributed by atoms with van der Waals surface area (Å²) < 4.78 is 45.5. The van der Waals surface area contributed by atoms with Crippen LogP contribution in [0.15, 0.2) is 29.3 Å². The maximum atomic E-state index is 14.1. The molecule has 0 bridgehead atoms. The van der Waals surface area contributed by atoms with Crippen molar-refractivity contribution in [3.8, 4) is 0 Å². The number of nitrogens with two attached hydrogens (primary N) is 1. The van der Waals surface area contributed by atoms with Crippen LogP contribution in [0.2, 0.25) is 0 Å². The molecular formula is C13H13F3N2OS. The zero-order valence-electron chi connectivity index (χ0n) is 10.4. The third kappa shape index (κ3) is 2.00. The van der Waals surface area contributed by atoms with E-state index in [0.29, 0.717) is 5.75 Å². The molecule has 7 heteroatoms. The van der Waals surface area contributed by atoms with E-state index in [9.17, 15) is 13.2 Å². The number of ether oxygens (including phenoxy) is 1. The summed E-state index contributed by atoms with van der Waals surface area (Å²) in [5, 5.41) is 0.281. The van der Waals surface area contributed by atoms with E-state index in [4.69, 9.17) is 10.5 Å². The number of thioether (sulfide) groups is 1. The number of rotatable bonds is 2. The van der Waals surface area contributed by atoms with Crippen LogP contribution >= 0.6 is 11.8 Å². The first kappa shape index (κ1) is 13.8. The average Bonchev–Trinajstić information content (AvgIpc) is 2.78. The number of alkyl halides is 2. The lowest BCUT2D eigenvalue weighted by atomic mass is 9.79. The fourth-order valence-electron chi connectivity index (χ4n) is 2.87. The summed E-state index contributed by atoms with van der Waals surface area (Å²) >= 11 is 1.21. The Bertz CT molecular complexity index is 554. The summed E-state index contributed by atoms with van der Waals surface area (Å²) in [5.41, 5.74) is 4.87.